The first kappa shape index (κ1) is 9.26. The highest BCUT2D eigenvalue weighted by atomic mass is 16.5. The molecule has 1 rings (SSSR count). The summed E-state index contributed by atoms with van der Waals surface area (Å²) in [5.41, 5.74) is 0.243. The van der Waals surface area contributed by atoms with Crippen molar-refractivity contribution < 1.29 is 14.3 Å². The van der Waals surface area contributed by atoms with Crippen LogP contribution in [0.5, 0.6) is 0 Å². The molecule has 1 aliphatic heterocycles. The predicted molar refractivity (Wildman–Crippen MR) is 42.0 cm³/mol. The van der Waals surface area contributed by atoms with E-state index in [1.807, 2.05) is 0 Å². The summed E-state index contributed by atoms with van der Waals surface area (Å²) >= 11 is 0. The molecule has 0 atom stereocenters. The molecule has 1 N–H and O–H groups in total. The van der Waals surface area contributed by atoms with Crippen molar-refractivity contribution in [2.45, 2.75) is 12.8 Å². The number of rotatable bonds is 1. The Morgan fingerprint density at radius 2 is 2.31 bits per heavy atom. The highest BCUT2D eigenvalue weighted by Gasteiger charge is 2.22. The third-order valence-corrected chi connectivity index (χ3v) is 1.70. The summed E-state index contributed by atoms with van der Waals surface area (Å²) in [6.45, 7) is 0. The van der Waals surface area contributed by atoms with Gasteiger partial charge in [0.15, 0.2) is 5.57 Å². The lowest BCUT2D eigenvalue weighted by Crippen LogP contribution is -2.16. The predicted octanol–water partition coefficient (Wildman–Crippen LogP) is -0.153. The Balaban J connectivity index is 2.94. The zero-order chi connectivity index (χ0) is 9.84. The average Bonchev–Trinajstić information content (AvgIpc) is 2.53. The van der Waals surface area contributed by atoms with E-state index in [0.29, 0.717) is 18.5 Å². The number of allylic oxidation sites excluding steroid dienone is 1. The van der Waals surface area contributed by atoms with Gasteiger partial charge < -0.3 is 10.1 Å². The monoisotopic (exact) mass is 180 g/mol. The van der Waals surface area contributed by atoms with Gasteiger partial charge in [0.1, 0.15) is 6.07 Å². The van der Waals surface area contributed by atoms with Crippen LogP contribution in [-0.4, -0.2) is 19.0 Å². The molecule has 5 nitrogen and oxygen atoms in total. The van der Waals surface area contributed by atoms with Crippen molar-refractivity contribution in [3.05, 3.63) is 11.3 Å². The van der Waals surface area contributed by atoms with Crippen molar-refractivity contribution in [3.63, 3.8) is 0 Å². The molecule has 0 bridgehead atoms. The molecule has 68 valence electrons. The van der Waals surface area contributed by atoms with Crippen LogP contribution < -0.4 is 5.32 Å². The van der Waals surface area contributed by atoms with Gasteiger partial charge in [-0.05, 0) is 6.42 Å². The van der Waals surface area contributed by atoms with Gasteiger partial charge in [0, 0.05) is 12.1 Å². The smallest absolute Gasteiger partial charge is 0.350 e. The number of carbonyl (C=O) groups is 2. The molecule has 0 saturated carbocycles. The van der Waals surface area contributed by atoms with Gasteiger partial charge in [-0.1, -0.05) is 0 Å². The molecule has 1 aliphatic rings. The van der Waals surface area contributed by atoms with Crippen molar-refractivity contribution in [2.24, 2.45) is 0 Å². The second-order valence-corrected chi connectivity index (χ2v) is 2.51. The molecule has 0 aromatic carbocycles. The molecular formula is C8H8N2O3. The van der Waals surface area contributed by atoms with Gasteiger partial charge in [-0.25, -0.2) is 4.79 Å². The highest BCUT2D eigenvalue weighted by Crippen LogP contribution is 2.15. The first-order chi connectivity index (χ1) is 6.19. The van der Waals surface area contributed by atoms with E-state index in [9.17, 15) is 9.59 Å². The maximum Gasteiger partial charge on any atom is 0.350 e. The number of carbonyl (C=O) groups excluding carboxylic acids is 2. The van der Waals surface area contributed by atoms with Crippen LogP contribution in [0.3, 0.4) is 0 Å². The van der Waals surface area contributed by atoms with Crippen LogP contribution in [0, 0.1) is 11.3 Å². The summed E-state index contributed by atoms with van der Waals surface area (Å²) in [5, 5.41) is 11.1. The molecule has 1 heterocycles. The van der Waals surface area contributed by atoms with Gasteiger partial charge in [-0.3, -0.25) is 4.79 Å². The fourth-order valence-corrected chi connectivity index (χ4v) is 1.06. The minimum Gasteiger partial charge on any atom is -0.465 e. The van der Waals surface area contributed by atoms with Crippen molar-refractivity contribution >= 4 is 11.9 Å². The highest BCUT2D eigenvalue weighted by molar-refractivity contribution is 5.95. The zero-order valence-corrected chi connectivity index (χ0v) is 7.09. The molecule has 5 heteroatoms. The van der Waals surface area contributed by atoms with Crippen molar-refractivity contribution in [2.75, 3.05) is 7.11 Å². The van der Waals surface area contributed by atoms with Crippen LogP contribution in [0.1, 0.15) is 12.8 Å². The molecule has 1 saturated heterocycles. The molecule has 1 amide bonds. The van der Waals surface area contributed by atoms with Gasteiger partial charge in [0.25, 0.3) is 0 Å². The van der Waals surface area contributed by atoms with Crippen molar-refractivity contribution in [3.8, 4) is 6.07 Å². The summed E-state index contributed by atoms with van der Waals surface area (Å²) in [4.78, 5) is 21.8. The van der Waals surface area contributed by atoms with Gasteiger partial charge in [0.2, 0.25) is 5.91 Å². The molecule has 0 spiro atoms. The Morgan fingerprint density at radius 1 is 1.62 bits per heavy atom. The number of amides is 1. The topological polar surface area (TPSA) is 79.2 Å². The number of hydrogen-bond donors (Lipinski definition) is 1. The average molecular weight is 180 g/mol. The number of nitrogens with zero attached hydrogens (tertiary/aromatic N) is 1. The zero-order valence-electron chi connectivity index (χ0n) is 7.09. The van der Waals surface area contributed by atoms with E-state index < -0.39 is 5.97 Å². The van der Waals surface area contributed by atoms with Crippen molar-refractivity contribution in [1.82, 2.24) is 5.32 Å². The Bertz CT molecular complexity index is 325. The minimum atomic E-state index is -0.709. The molecular weight excluding hydrogens is 172 g/mol. The minimum absolute atomic E-state index is 0.117. The molecule has 0 aliphatic carbocycles. The lowest BCUT2D eigenvalue weighted by molar-refractivity contribution is -0.135. The molecule has 0 unspecified atom stereocenters. The summed E-state index contributed by atoms with van der Waals surface area (Å²) < 4.78 is 4.38. The van der Waals surface area contributed by atoms with E-state index in [2.05, 4.69) is 10.1 Å². The lowest BCUT2D eigenvalue weighted by Gasteiger charge is -2.00. The van der Waals surface area contributed by atoms with Crippen LogP contribution in [-0.2, 0) is 14.3 Å². The first-order valence-electron chi connectivity index (χ1n) is 3.70. The largest absolute Gasteiger partial charge is 0.465 e. The molecule has 13 heavy (non-hydrogen) atoms. The number of esters is 1. The van der Waals surface area contributed by atoms with Gasteiger partial charge >= 0.3 is 5.97 Å². The van der Waals surface area contributed by atoms with E-state index in [-0.39, 0.29) is 11.5 Å². The Kier molecular flexibility index (Phi) is 2.65. The van der Waals surface area contributed by atoms with Crippen molar-refractivity contribution in [1.29, 1.82) is 5.26 Å². The molecule has 1 fully saturated rings. The van der Waals surface area contributed by atoms with Gasteiger partial charge in [-0.15, -0.1) is 0 Å². The molecule has 0 radical (unpaired) electrons. The van der Waals surface area contributed by atoms with Gasteiger partial charge in [0.05, 0.1) is 7.11 Å². The third kappa shape index (κ3) is 1.85. The van der Waals surface area contributed by atoms with E-state index in [1.54, 1.807) is 6.07 Å². The molecule has 0 aromatic rings. The SMILES string of the molecule is COC(=O)/C(C#N)=C1\CCC(=O)N1. The number of nitrogens with one attached hydrogen (secondary N) is 1. The van der Waals surface area contributed by atoms with Crippen LogP contribution in [0.4, 0.5) is 0 Å². The van der Waals surface area contributed by atoms with Crippen LogP contribution >= 0.6 is 0 Å². The summed E-state index contributed by atoms with van der Waals surface area (Å²) in [6, 6.07) is 1.71. The van der Waals surface area contributed by atoms with E-state index in [1.165, 1.54) is 7.11 Å². The lowest BCUT2D eigenvalue weighted by atomic mass is 10.2. The second kappa shape index (κ2) is 3.72. The number of methoxy groups -OCH3 is 1. The standard InChI is InChI=1S/C8H8N2O3/c1-13-8(12)5(4-9)6-2-3-7(11)10-6/h2-3H2,1H3,(H,10,11)/b6-5+. The number of nitriles is 1. The number of ether oxygens (including phenoxy) is 1. The Morgan fingerprint density at radius 3 is 2.69 bits per heavy atom. The summed E-state index contributed by atoms with van der Waals surface area (Å²) in [7, 11) is 1.19. The van der Waals surface area contributed by atoms with Crippen LogP contribution in [0.15, 0.2) is 11.3 Å². The van der Waals surface area contributed by atoms with Crippen LogP contribution in [0.25, 0.3) is 0 Å². The maximum absolute atomic E-state index is 11.0. The van der Waals surface area contributed by atoms with Crippen LogP contribution in [0.2, 0.25) is 0 Å². The fourth-order valence-electron chi connectivity index (χ4n) is 1.06. The summed E-state index contributed by atoms with van der Waals surface area (Å²) in [6.07, 6.45) is 0.717. The second-order valence-electron chi connectivity index (χ2n) is 2.51. The Hall–Kier alpha value is -1.83. The maximum atomic E-state index is 11.0. The third-order valence-electron chi connectivity index (χ3n) is 1.70. The Labute approximate surface area is 75.0 Å². The fraction of sp³-hybridized carbons (Fsp3) is 0.375. The first-order valence-corrected chi connectivity index (χ1v) is 3.70. The quantitative estimate of drug-likeness (QED) is 0.345. The van der Waals surface area contributed by atoms with E-state index in [4.69, 9.17) is 5.26 Å². The molecule has 0 aromatic heterocycles. The van der Waals surface area contributed by atoms with E-state index >= 15 is 0 Å². The number of hydrogen-bond acceptors (Lipinski definition) is 4. The summed E-state index contributed by atoms with van der Waals surface area (Å²) in [5.74, 6) is -0.883. The van der Waals surface area contributed by atoms with E-state index in [0.717, 1.165) is 0 Å². The van der Waals surface area contributed by atoms with Gasteiger partial charge in [-0.2, -0.15) is 5.26 Å². The normalized spacial score (nSPS) is 18.9.